The number of nitrogens with zero attached hydrogens (tertiary/aromatic N) is 1. The summed E-state index contributed by atoms with van der Waals surface area (Å²) in [6.45, 7) is 4.36. The van der Waals surface area contributed by atoms with Crippen molar-refractivity contribution in [3.05, 3.63) is 35.9 Å². The van der Waals surface area contributed by atoms with Gasteiger partial charge in [0.1, 0.15) is 0 Å². The highest BCUT2D eigenvalue weighted by atomic mass is 16.5. The number of methoxy groups -OCH3 is 1. The summed E-state index contributed by atoms with van der Waals surface area (Å²) in [6, 6.07) is 10.5. The maximum Gasteiger partial charge on any atom is 0.317 e. The van der Waals surface area contributed by atoms with Crippen LogP contribution in [0.15, 0.2) is 30.3 Å². The number of likely N-dealkylation sites (tertiary alicyclic amines) is 1. The Morgan fingerprint density at radius 1 is 1.42 bits per heavy atom. The predicted molar refractivity (Wildman–Crippen MR) is 74.9 cm³/mol. The molecule has 2 rings (SSSR count). The van der Waals surface area contributed by atoms with E-state index in [1.165, 1.54) is 5.56 Å². The third kappa shape index (κ3) is 3.26. The number of ether oxygens (including phenoxy) is 1. The van der Waals surface area contributed by atoms with Crippen molar-refractivity contribution in [2.45, 2.75) is 19.4 Å². The number of amides is 2. The summed E-state index contributed by atoms with van der Waals surface area (Å²) < 4.78 is 4.97. The van der Waals surface area contributed by atoms with Gasteiger partial charge in [0.05, 0.1) is 6.04 Å². The van der Waals surface area contributed by atoms with E-state index in [2.05, 4.69) is 24.4 Å². The summed E-state index contributed by atoms with van der Waals surface area (Å²) >= 11 is 0. The van der Waals surface area contributed by atoms with Gasteiger partial charge in [0.2, 0.25) is 0 Å². The number of urea groups is 1. The molecule has 0 saturated carbocycles. The summed E-state index contributed by atoms with van der Waals surface area (Å²) in [5.41, 5.74) is 1.22. The summed E-state index contributed by atoms with van der Waals surface area (Å²) in [4.78, 5) is 14.0. The van der Waals surface area contributed by atoms with Crippen LogP contribution in [0.1, 0.15) is 24.9 Å². The van der Waals surface area contributed by atoms with Gasteiger partial charge in [0, 0.05) is 26.8 Å². The van der Waals surface area contributed by atoms with Gasteiger partial charge >= 0.3 is 6.03 Å². The first-order valence-corrected chi connectivity index (χ1v) is 6.82. The molecule has 1 fully saturated rings. The van der Waals surface area contributed by atoms with Gasteiger partial charge in [0.25, 0.3) is 0 Å². The van der Waals surface area contributed by atoms with Crippen molar-refractivity contribution in [3.8, 4) is 0 Å². The van der Waals surface area contributed by atoms with Crippen molar-refractivity contribution >= 4 is 6.03 Å². The number of carbonyl (C=O) groups excluding carboxylic acids is 1. The SMILES string of the molecule is COCCCNC(=O)N1CC(C)C1c1ccccc1. The van der Waals surface area contributed by atoms with Crippen LogP contribution in [0.3, 0.4) is 0 Å². The minimum atomic E-state index is 0.0306. The molecule has 0 aliphatic carbocycles. The second-order valence-corrected chi connectivity index (χ2v) is 5.06. The smallest absolute Gasteiger partial charge is 0.317 e. The monoisotopic (exact) mass is 262 g/mol. The molecule has 1 aliphatic rings. The number of nitrogens with one attached hydrogen (secondary N) is 1. The Morgan fingerprint density at radius 3 is 2.79 bits per heavy atom. The van der Waals surface area contributed by atoms with Crippen LogP contribution in [-0.4, -0.2) is 37.7 Å². The second-order valence-electron chi connectivity index (χ2n) is 5.06. The van der Waals surface area contributed by atoms with E-state index in [0.717, 1.165) is 13.0 Å². The summed E-state index contributed by atoms with van der Waals surface area (Å²) in [7, 11) is 1.67. The minimum absolute atomic E-state index is 0.0306. The molecule has 1 saturated heterocycles. The summed E-state index contributed by atoms with van der Waals surface area (Å²) in [5, 5.41) is 2.95. The van der Waals surface area contributed by atoms with E-state index in [-0.39, 0.29) is 12.1 Å². The van der Waals surface area contributed by atoms with E-state index in [1.807, 2.05) is 23.1 Å². The Hall–Kier alpha value is -1.55. The van der Waals surface area contributed by atoms with Gasteiger partial charge in [-0.3, -0.25) is 0 Å². The van der Waals surface area contributed by atoms with Crippen LogP contribution in [0, 0.1) is 5.92 Å². The average molecular weight is 262 g/mol. The Balaban J connectivity index is 1.88. The number of carbonyl (C=O) groups is 1. The first-order chi connectivity index (χ1) is 9.24. The van der Waals surface area contributed by atoms with Crippen molar-refractivity contribution in [1.29, 1.82) is 0 Å². The molecule has 2 amide bonds. The third-order valence-corrected chi connectivity index (χ3v) is 3.56. The number of hydrogen-bond acceptors (Lipinski definition) is 2. The number of benzene rings is 1. The standard InChI is InChI=1S/C15H22N2O2/c1-12-11-17(15(18)16-9-6-10-19-2)14(12)13-7-4-3-5-8-13/h3-5,7-8,12,14H,6,9-11H2,1-2H3,(H,16,18). The van der Waals surface area contributed by atoms with Gasteiger partial charge in [0.15, 0.2) is 0 Å². The minimum Gasteiger partial charge on any atom is -0.385 e. The maximum atomic E-state index is 12.1. The first kappa shape index (κ1) is 13.9. The van der Waals surface area contributed by atoms with Gasteiger partial charge in [-0.05, 0) is 17.9 Å². The molecule has 1 aromatic carbocycles. The van der Waals surface area contributed by atoms with Crippen LogP contribution < -0.4 is 5.32 Å². The van der Waals surface area contributed by atoms with Gasteiger partial charge < -0.3 is 15.0 Å². The van der Waals surface area contributed by atoms with Gasteiger partial charge in [-0.1, -0.05) is 37.3 Å². The Bertz CT molecular complexity index is 408. The summed E-state index contributed by atoms with van der Waals surface area (Å²) in [6.07, 6.45) is 0.849. The molecule has 0 spiro atoms. The maximum absolute atomic E-state index is 12.1. The van der Waals surface area contributed by atoms with Crippen LogP contribution in [0.25, 0.3) is 0 Å². The Kier molecular flexibility index (Phi) is 4.80. The van der Waals surface area contributed by atoms with Crippen LogP contribution in [0.5, 0.6) is 0 Å². The van der Waals surface area contributed by atoms with Crippen LogP contribution in [0.2, 0.25) is 0 Å². The third-order valence-electron chi connectivity index (χ3n) is 3.56. The lowest BCUT2D eigenvalue weighted by atomic mass is 9.85. The van der Waals surface area contributed by atoms with E-state index in [0.29, 0.717) is 19.1 Å². The van der Waals surface area contributed by atoms with Crippen LogP contribution in [-0.2, 0) is 4.74 Å². The van der Waals surface area contributed by atoms with Crippen molar-refractivity contribution in [2.75, 3.05) is 26.8 Å². The molecule has 1 aliphatic heterocycles. The van der Waals surface area contributed by atoms with Crippen molar-refractivity contribution < 1.29 is 9.53 Å². The molecule has 4 nitrogen and oxygen atoms in total. The molecule has 104 valence electrons. The fraction of sp³-hybridized carbons (Fsp3) is 0.533. The highest BCUT2D eigenvalue weighted by Crippen LogP contribution is 2.38. The summed E-state index contributed by atoms with van der Waals surface area (Å²) in [5.74, 6) is 0.520. The van der Waals surface area contributed by atoms with Crippen molar-refractivity contribution in [3.63, 3.8) is 0 Å². The first-order valence-electron chi connectivity index (χ1n) is 6.82. The topological polar surface area (TPSA) is 41.6 Å². The quantitative estimate of drug-likeness (QED) is 0.828. The van der Waals surface area contributed by atoms with Crippen LogP contribution in [0.4, 0.5) is 4.79 Å². The molecule has 1 aromatic rings. The molecule has 2 unspecified atom stereocenters. The molecule has 0 aromatic heterocycles. The van der Waals surface area contributed by atoms with Crippen molar-refractivity contribution in [1.82, 2.24) is 10.2 Å². The molecular formula is C15H22N2O2. The fourth-order valence-electron chi connectivity index (χ4n) is 2.57. The lowest BCUT2D eigenvalue weighted by molar-refractivity contribution is 0.0590. The van der Waals surface area contributed by atoms with E-state index < -0.39 is 0 Å². The largest absolute Gasteiger partial charge is 0.385 e. The molecule has 4 heteroatoms. The molecular weight excluding hydrogens is 240 g/mol. The highest BCUT2D eigenvalue weighted by Gasteiger charge is 2.39. The van der Waals surface area contributed by atoms with E-state index in [9.17, 15) is 4.79 Å². The van der Waals surface area contributed by atoms with Gasteiger partial charge in [-0.25, -0.2) is 4.79 Å². The number of hydrogen-bond donors (Lipinski definition) is 1. The van der Waals surface area contributed by atoms with E-state index in [4.69, 9.17) is 4.74 Å². The Morgan fingerprint density at radius 2 is 2.16 bits per heavy atom. The van der Waals surface area contributed by atoms with E-state index in [1.54, 1.807) is 7.11 Å². The van der Waals surface area contributed by atoms with E-state index >= 15 is 0 Å². The van der Waals surface area contributed by atoms with Gasteiger partial charge in [-0.2, -0.15) is 0 Å². The van der Waals surface area contributed by atoms with Crippen molar-refractivity contribution in [2.24, 2.45) is 5.92 Å². The molecule has 19 heavy (non-hydrogen) atoms. The highest BCUT2D eigenvalue weighted by molar-refractivity contribution is 5.75. The molecule has 2 atom stereocenters. The zero-order valence-electron chi connectivity index (χ0n) is 11.6. The zero-order chi connectivity index (χ0) is 13.7. The molecule has 1 N–H and O–H groups in total. The lowest BCUT2D eigenvalue weighted by Crippen LogP contribution is -2.55. The number of rotatable bonds is 5. The predicted octanol–water partition coefficient (Wildman–Crippen LogP) is 2.43. The Labute approximate surface area is 114 Å². The normalized spacial score (nSPS) is 21.9. The molecule has 1 heterocycles. The van der Waals surface area contributed by atoms with Crippen LogP contribution >= 0.6 is 0 Å². The molecule has 0 bridgehead atoms. The van der Waals surface area contributed by atoms with Gasteiger partial charge in [-0.15, -0.1) is 0 Å². The second kappa shape index (κ2) is 6.57. The lowest BCUT2D eigenvalue weighted by Gasteiger charge is -2.46. The fourth-order valence-corrected chi connectivity index (χ4v) is 2.57. The zero-order valence-corrected chi connectivity index (χ0v) is 11.6. The molecule has 0 radical (unpaired) electrons. The average Bonchev–Trinajstić information content (AvgIpc) is 2.42.